The third-order valence-electron chi connectivity index (χ3n) is 3.30. The normalized spacial score (nSPS) is 11.3. The highest BCUT2D eigenvalue weighted by molar-refractivity contribution is 7.09. The summed E-state index contributed by atoms with van der Waals surface area (Å²) in [6, 6.07) is 6.21. The summed E-state index contributed by atoms with van der Waals surface area (Å²) in [5.74, 6) is -1.71. The van der Waals surface area contributed by atoms with Crippen molar-refractivity contribution in [3.05, 3.63) is 51.7 Å². The molecule has 7 heteroatoms. The largest absolute Gasteiger partial charge is 0.481 e. The van der Waals surface area contributed by atoms with Crippen LogP contribution in [-0.2, 0) is 11.2 Å². The van der Waals surface area contributed by atoms with Gasteiger partial charge in [0.2, 0.25) is 0 Å². The zero-order chi connectivity index (χ0) is 17.0. The molecule has 1 amide bonds. The number of halogens is 1. The number of thiazole rings is 1. The molecule has 0 spiro atoms. The summed E-state index contributed by atoms with van der Waals surface area (Å²) in [7, 11) is 0. The average molecular weight is 336 g/mol. The van der Waals surface area contributed by atoms with E-state index >= 15 is 0 Å². The minimum absolute atomic E-state index is 0.0118. The molecule has 0 aliphatic heterocycles. The lowest BCUT2D eigenvalue weighted by atomic mass is 9.94. The van der Waals surface area contributed by atoms with E-state index in [2.05, 4.69) is 10.3 Å². The minimum Gasteiger partial charge on any atom is -0.481 e. The van der Waals surface area contributed by atoms with Gasteiger partial charge in [0.05, 0.1) is 10.4 Å². The second kappa shape index (κ2) is 6.87. The van der Waals surface area contributed by atoms with Crippen molar-refractivity contribution in [3.63, 3.8) is 0 Å². The Morgan fingerprint density at radius 3 is 2.78 bits per heavy atom. The number of hydrogen-bond acceptors (Lipinski definition) is 4. The number of carbonyl (C=O) groups is 2. The first-order valence-electron chi connectivity index (χ1n) is 6.98. The van der Waals surface area contributed by atoms with Gasteiger partial charge in [-0.25, -0.2) is 9.37 Å². The highest BCUT2D eigenvalue weighted by atomic mass is 32.1. The maximum absolute atomic E-state index is 13.2. The number of aliphatic carboxylic acids is 1. The lowest BCUT2D eigenvalue weighted by molar-refractivity contribution is -0.146. The highest BCUT2D eigenvalue weighted by Crippen LogP contribution is 2.17. The van der Waals surface area contributed by atoms with E-state index in [-0.39, 0.29) is 18.1 Å². The number of amides is 1. The molecule has 2 aromatic rings. The van der Waals surface area contributed by atoms with E-state index in [0.29, 0.717) is 11.4 Å². The molecule has 23 heavy (non-hydrogen) atoms. The van der Waals surface area contributed by atoms with Crippen LogP contribution in [0.25, 0.3) is 0 Å². The summed E-state index contributed by atoms with van der Waals surface area (Å²) in [6.45, 7) is 3.08. The van der Waals surface area contributed by atoms with Gasteiger partial charge in [0.25, 0.3) is 5.91 Å². The number of hydrogen-bond donors (Lipinski definition) is 2. The number of carbonyl (C=O) groups excluding carboxylic acids is 1. The third kappa shape index (κ3) is 4.59. The van der Waals surface area contributed by atoms with E-state index in [9.17, 15) is 14.0 Å². The van der Waals surface area contributed by atoms with E-state index in [1.165, 1.54) is 37.3 Å². The van der Waals surface area contributed by atoms with E-state index in [4.69, 9.17) is 5.11 Å². The van der Waals surface area contributed by atoms with Crippen molar-refractivity contribution in [1.82, 2.24) is 10.3 Å². The summed E-state index contributed by atoms with van der Waals surface area (Å²) in [5, 5.41) is 13.9. The second-order valence-electron chi connectivity index (χ2n) is 5.80. The van der Waals surface area contributed by atoms with Crippen LogP contribution in [-0.4, -0.2) is 28.5 Å². The zero-order valence-electron chi connectivity index (χ0n) is 12.8. The van der Waals surface area contributed by atoms with Crippen molar-refractivity contribution in [3.8, 4) is 0 Å². The lowest BCUT2D eigenvalue weighted by Crippen LogP contribution is -2.39. The molecule has 0 saturated heterocycles. The van der Waals surface area contributed by atoms with E-state index in [1.807, 2.05) is 0 Å². The Balaban J connectivity index is 1.98. The number of benzene rings is 1. The maximum atomic E-state index is 13.2. The van der Waals surface area contributed by atoms with Crippen LogP contribution in [0.4, 0.5) is 4.39 Å². The van der Waals surface area contributed by atoms with Gasteiger partial charge in [-0.3, -0.25) is 9.59 Å². The van der Waals surface area contributed by atoms with Crippen molar-refractivity contribution in [2.75, 3.05) is 6.54 Å². The smallest absolute Gasteiger partial charge is 0.310 e. The fourth-order valence-electron chi connectivity index (χ4n) is 1.79. The fraction of sp³-hybridized carbons (Fsp3) is 0.312. The molecule has 1 aromatic carbocycles. The second-order valence-corrected chi connectivity index (χ2v) is 6.75. The molecule has 0 fully saturated rings. The van der Waals surface area contributed by atoms with Gasteiger partial charge in [-0.1, -0.05) is 12.1 Å². The van der Waals surface area contributed by atoms with Gasteiger partial charge in [0, 0.05) is 18.3 Å². The van der Waals surface area contributed by atoms with Gasteiger partial charge >= 0.3 is 5.97 Å². The van der Waals surface area contributed by atoms with Crippen molar-refractivity contribution in [2.24, 2.45) is 5.41 Å². The summed E-state index contributed by atoms with van der Waals surface area (Å²) >= 11 is 1.31. The predicted molar refractivity (Wildman–Crippen MR) is 85.1 cm³/mol. The van der Waals surface area contributed by atoms with Crippen molar-refractivity contribution in [1.29, 1.82) is 0 Å². The highest BCUT2D eigenvalue weighted by Gasteiger charge is 2.28. The summed E-state index contributed by atoms with van der Waals surface area (Å²) in [5.41, 5.74) is -0.0308. The standard InChI is InChI=1S/C16H17FN2O3S/c1-16(2,15(21)22)9-18-14(20)12-8-23-13(19-12)7-10-4-3-5-11(17)6-10/h3-6,8H,7,9H2,1-2H3,(H,18,20)(H,21,22). The number of nitrogens with one attached hydrogen (secondary N) is 1. The number of nitrogens with zero attached hydrogens (tertiary/aromatic N) is 1. The molecule has 1 aromatic heterocycles. The summed E-state index contributed by atoms with van der Waals surface area (Å²) < 4.78 is 13.2. The molecular weight excluding hydrogens is 319 g/mol. The van der Waals surface area contributed by atoms with Crippen LogP contribution < -0.4 is 5.32 Å². The molecule has 2 rings (SSSR count). The van der Waals surface area contributed by atoms with Crippen LogP contribution in [0, 0.1) is 11.2 Å². The SMILES string of the molecule is CC(C)(CNC(=O)c1csc(Cc2cccc(F)c2)n1)C(=O)O. The van der Waals surface area contributed by atoms with Crippen LogP contribution >= 0.6 is 11.3 Å². The first-order valence-corrected chi connectivity index (χ1v) is 7.86. The first-order chi connectivity index (χ1) is 10.8. The molecule has 2 N–H and O–H groups in total. The van der Waals surface area contributed by atoms with Crippen LogP contribution in [0.1, 0.15) is 34.9 Å². The van der Waals surface area contributed by atoms with Gasteiger partial charge in [0.1, 0.15) is 11.5 Å². The minimum atomic E-state index is -1.05. The quantitative estimate of drug-likeness (QED) is 0.850. The van der Waals surface area contributed by atoms with Gasteiger partial charge in [0.15, 0.2) is 0 Å². The van der Waals surface area contributed by atoms with Gasteiger partial charge < -0.3 is 10.4 Å². The van der Waals surface area contributed by atoms with Crippen molar-refractivity contribution >= 4 is 23.2 Å². The van der Waals surface area contributed by atoms with Crippen LogP contribution in [0.15, 0.2) is 29.6 Å². The Morgan fingerprint density at radius 2 is 2.13 bits per heavy atom. The molecule has 5 nitrogen and oxygen atoms in total. The number of aromatic nitrogens is 1. The van der Waals surface area contributed by atoms with Crippen LogP contribution in [0.5, 0.6) is 0 Å². The molecular formula is C16H17FN2O3S. The Bertz CT molecular complexity index is 728. The Morgan fingerprint density at radius 1 is 1.39 bits per heavy atom. The molecule has 0 bridgehead atoms. The molecule has 0 unspecified atom stereocenters. The first kappa shape index (κ1) is 17.1. The number of rotatable bonds is 6. The Hall–Kier alpha value is -2.28. The zero-order valence-corrected chi connectivity index (χ0v) is 13.6. The summed E-state index contributed by atoms with van der Waals surface area (Å²) in [6.07, 6.45) is 0.441. The lowest BCUT2D eigenvalue weighted by Gasteiger charge is -2.18. The molecule has 1 heterocycles. The summed E-state index contributed by atoms with van der Waals surface area (Å²) in [4.78, 5) is 27.2. The topological polar surface area (TPSA) is 79.3 Å². The molecule has 0 radical (unpaired) electrons. The molecule has 122 valence electrons. The van der Waals surface area contributed by atoms with Gasteiger partial charge in [-0.2, -0.15) is 0 Å². The predicted octanol–water partition coefficient (Wildman–Crippen LogP) is 2.71. The Kier molecular flexibility index (Phi) is 5.10. The number of carboxylic acid groups (broad SMARTS) is 1. The van der Waals surface area contributed by atoms with Crippen molar-refractivity contribution < 1.29 is 19.1 Å². The van der Waals surface area contributed by atoms with E-state index < -0.39 is 17.3 Å². The van der Waals surface area contributed by atoms with Gasteiger partial charge in [-0.05, 0) is 31.5 Å². The molecule has 0 aliphatic carbocycles. The average Bonchev–Trinajstić information content (AvgIpc) is 2.93. The van der Waals surface area contributed by atoms with E-state index in [0.717, 1.165) is 5.56 Å². The fourth-order valence-corrected chi connectivity index (χ4v) is 2.59. The van der Waals surface area contributed by atoms with E-state index in [1.54, 1.807) is 17.5 Å². The monoisotopic (exact) mass is 336 g/mol. The van der Waals surface area contributed by atoms with Crippen LogP contribution in [0.2, 0.25) is 0 Å². The molecule has 0 aliphatic rings. The molecule has 0 atom stereocenters. The molecule has 0 saturated carbocycles. The third-order valence-corrected chi connectivity index (χ3v) is 4.15. The maximum Gasteiger partial charge on any atom is 0.310 e. The van der Waals surface area contributed by atoms with Gasteiger partial charge in [-0.15, -0.1) is 11.3 Å². The number of carboxylic acids is 1. The Labute approximate surface area is 137 Å². The van der Waals surface area contributed by atoms with Crippen molar-refractivity contribution in [2.45, 2.75) is 20.3 Å². The van der Waals surface area contributed by atoms with Crippen LogP contribution in [0.3, 0.4) is 0 Å².